The van der Waals surface area contributed by atoms with Gasteiger partial charge in [-0.05, 0) is 54.3 Å². The lowest BCUT2D eigenvalue weighted by Crippen LogP contribution is -2.46. The number of urea groups is 1. The van der Waals surface area contributed by atoms with Crippen molar-refractivity contribution in [1.29, 1.82) is 5.41 Å². The van der Waals surface area contributed by atoms with Crippen LogP contribution in [0, 0.1) is 5.41 Å². The number of rotatable bonds is 10. The van der Waals surface area contributed by atoms with Crippen molar-refractivity contribution >= 4 is 46.7 Å². The molecule has 0 saturated heterocycles. The molecular weight excluding hydrogens is 580 g/mol. The van der Waals surface area contributed by atoms with Gasteiger partial charge in [0.1, 0.15) is 5.84 Å². The summed E-state index contributed by atoms with van der Waals surface area (Å²) in [6.07, 6.45) is -4.64. The number of hydrogen-bond donors (Lipinski definition) is 4. The molecule has 0 fully saturated rings. The topological polar surface area (TPSA) is 138 Å². The molecule has 0 heterocycles. The van der Waals surface area contributed by atoms with Crippen LogP contribution < -0.4 is 16.8 Å². The van der Waals surface area contributed by atoms with Gasteiger partial charge >= 0.3 is 12.2 Å². The molecular formula is C28H35Cl2F3N6O2. The van der Waals surface area contributed by atoms with Crippen LogP contribution in [-0.4, -0.2) is 47.7 Å². The Morgan fingerprint density at radius 3 is 2.12 bits per heavy atom. The van der Waals surface area contributed by atoms with Gasteiger partial charge in [-0.3, -0.25) is 20.1 Å². The van der Waals surface area contributed by atoms with E-state index in [4.69, 9.17) is 34.3 Å². The number of nitrogens with one attached hydrogen (secondary N) is 2. The van der Waals surface area contributed by atoms with Gasteiger partial charge in [-0.25, -0.2) is 4.79 Å². The van der Waals surface area contributed by atoms with Crippen LogP contribution in [-0.2, 0) is 11.3 Å². The zero-order chi connectivity index (χ0) is 31.2. The number of allylic oxidation sites excluding steroid dienone is 1. The fourth-order valence-electron chi connectivity index (χ4n) is 3.53. The number of aliphatic imine (C=N–C) groups is 1. The number of halogens is 5. The van der Waals surface area contributed by atoms with Gasteiger partial charge < -0.3 is 16.8 Å². The molecule has 0 aliphatic carbocycles. The number of amides is 3. The predicted molar refractivity (Wildman–Crippen MR) is 158 cm³/mol. The van der Waals surface area contributed by atoms with Crippen molar-refractivity contribution < 1.29 is 22.8 Å². The van der Waals surface area contributed by atoms with E-state index in [1.807, 2.05) is 32.0 Å². The molecule has 0 aliphatic heterocycles. The highest BCUT2D eigenvalue weighted by Gasteiger charge is 2.30. The van der Waals surface area contributed by atoms with Gasteiger partial charge in [-0.1, -0.05) is 55.2 Å². The van der Waals surface area contributed by atoms with Gasteiger partial charge in [0.25, 0.3) is 0 Å². The molecule has 2 aromatic rings. The van der Waals surface area contributed by atoms with Crippen molar-refractivity contribution in [2.45, 2.75) is 52.8 Å². The fraction of sp³-hybridized carbons (Fsp3) is 0.357. The summed E-state index contributed by atoms with van der Waals surface area (Å²) in [7, 11) is 0. The molecule has 0 spiro atoms. The van der Waals surface area contributed by atoms with E-state index in [1.165, 1.54) is 31.2 Å². The molecule has 0 radical (unpaired) electrons. The van der Waals surface area contributed by atoms with Crippen LogP contribution in [0.15, 0.2) is 64.8 Å². The molecule has 0 bridgehead atoms. The quantitative estimate of drug-likeness (QED) is 0.181. The third-order valence-electron chi connectivity index (χ3n) is 5.50. The zero-order valence-electron chi connectivity index (χ0n) is 23.1. The van der Waals surface area contributed by atoms with Crippen LogP contribution in [0.4, 0.5) is 18.0 Å². The Kier molecular flexibility index (Phi) is 15.0. The number of alkyl halides is 3. The summed E-state index contributed by atoms with van der Waals surface area (Å²) < 4.78 is 38.8. The maximum Gasteiger partial charge on any atom is 0.390 e. The largest absolute Gasteiger partial charge is 0.400 e. The molecule has 41 heavy (non-hydrogen) atoms. The second-order valence-corrected chi connectivity index (χ2v) is 9.55. The Morgan fingerprint density at radius 2 is 1.61 bits per heavy atom. The van der Waals surface area contributed by atoms with Crippen LogP contribution in [0.5, 0.6) is 0 Å². The Hall–Kier alpha value is -3.57. The highest BCUT2D eigenvalue weighted by Crippen LogP contribution is 2.21. The van der Waals surface area contributed by atoms with Gasteiger partial charge in [-0.15, -0.1) is 0 Å². The van der Waals surface area contributed by atoms with Crippen molar-refractivity contribution in [3.63, 3.8) is 0 Å². The SMILES string of the molecule is CC(N)=O.CCC(=NCc1ccccc1Cl)/C(CC)=C(\N)CNC(=O)N(CCC(F)(F)F)C(=N)c1ccc(Cl)cc1. The van der Waals surface area contributed by atoms with Gasteiger partial charge in [0, 0.05) is 40.5 Å². The molecule has 0 aliphatic rings. The first-order chi connectivity index (χ1) is 19.2. The van der Waals surface area contributed by atoms with Crippen molar-refractivity contribution in [2.75, 3.05) is 13.1 Å². The average Bonchev–Trinajstić information content (AvgIpc) is 2.90. The third kappa shape index (κ3) is 13.1. The second-order valence-electron chi connectivity index (χ2n) is 8.71. The third-order valence-corrected chi connectivity index (χ3v) is 6.12. The van der Waals surface area contributed by atoms with E-state index in [2.05, 4.69) is 16.0 Å². The van der Waals surface area contributed by atoms with Crippen LogP contribution in [0.2, 0.25) is 10.0 Å². The molecule has 6 N–H and O–H groups in total. The lowest BCUT2D eigenvalue weighted by Gasteiger charge is -2.25. The monoisotopic (exact) mass is 614 g/mol. The van der Waals surface area contributed by atoms with E-state index in [-0.39, 0.29) is 23.9 Å². The first-order valence-corrected chi connectivity index (χ1v) is 13.4. The Balaban J connectivity index is 0.00000196. The molecule has 224 valence electrons. The first-order valence-electron chi connectivity index (χ1n) is 12.7. The van der Waals surface area contributed by atoms with Crippen LogP contribution in [0.25, 0.3) is 0 Å². The number of carbonyl (C=O) groups is 2. The summed E-state index contributed by atoms with van der Waals surface area (Å²) in [6.45, 7) is 4.65. The zero-order valence-corrected chi connectivity index (χ0v) is 24.6. The van der Waals surface area contributed by atoms with Gasteiger partial charge in [-0.2, -0.15) is 13.2 Å². The normalized spacial score (nSPS) is 12.0. The lowest BCUT2D eigenvalue weighted by molar-refractivity contribution is -0.135. The summed E-state index contributed by atoms with van der Waals surface area (Å²) in [4.78, 5) is 27.5. The Morgan fingerprint density at radius 1 is 1.02 bits per heavy atom. The van der Waals surface area contributed by atoms with E-state index in [0.717, 1.165) is 21.7 Å². The molecule has 0 saturated carbocycles. The number of primary amides is 1. The van der Waals surface area contributed by atoms with Crippen LogP contribution in [0.1, 0.15) is 51.2 Å². The van der Waals surface area contributed by atoms with Crippen LogP contribution >= 0.6 is 23.2 Å². The van der Waals surface area contributed by atoms with Crippen molar-refractivity contribution in [1.82, 2.24) is 10.2 Å². The van der Waals surface area contributed by atoms with Crippen LogP contribution in [0.3, 0.4) is 0 Å². The number of benzene rings is 2. The van der Waals surface area contributed by atoms with Gasteiger partial charge in [0.2, 0.25) is 5.91 Å². The molecule has 13 heteroatoms. The Bertz CT molecular complexity index is 1240. The second kappa shape index (κ2) is 17.3. The molecule has 3 amide bonds. The predicted octanol–water partition coefficient (Wildman–Crippen LogP) is 6.45. The standard InChI is InChI=1S/C26H30Cl2F3N5O.C2H5NO/c1-3-20(23(4-2)34-15-18-7-5-6-8-21(18)28)22(32)16-35-25(37)36(14-13-26(29,30)31)24(33)17-9-11-19(27)12-10-17;1-2(3)4/h5-12,33H,3-4,13-16,32H2,1-2H3,(H,35,37);1H3,(H2,3,4)/b22-20-,33-24?,34-23?;. The van der Waals surface area contributed by atoms with E-state index in [9.17, 15) is 22.8 Å². The minimum absolute atomic E-state index is 0.121. The molecule has 8 nitrogen and oxygen atoms in total. The number of amidine groups is 1. The minimum Gasteiger partial charge on any atom is -0.400 e. The van der Waals surface area contributed by atoms with E-state index in [0.29, 0.717) is 35.1 Å². The number of nitrogens with two attached hydrogens (primary N) is 2. The summed E-state index contributed by atoms with van der Waals surface area (Å²) in [5, 5.41) is 11.9. The highest BCUT2D eigenvalue weighted by molar-refractivity contribution is 6.31. The van der Waals surface area contributed by atoms with E-state index in [1.54, 1.807) is 6.07 Å². The summed E-state index contributed by atoms with van der Waals surface area (Å²) in [5.74, 6) is -0.716. The molecule has 2 aromatic carbocycles. The molecule has 0 aromatic heterocycles. The number of hydrogen-bond acceptors (Lipinski definition) is 5. The molecule has 0 atom stereocenters. The molecule has 2 rings (SSSR count). The average molecular weight is 616 g/mol. The number of carbonyl (C=O) groups excluding carboxylic acids is 2. The first kappa shape index (κ1) is 35.5. The smallest absolute Gasteiger partial charge is 0.390 e. The van der Waals surface area contributed by atoms with Gasteiger partial charge in [0.05, 0.1) is 19.5 Å². The minimum atomic E-state index is -4.50. The molecule has 0 unspecified atom stereocenters. The van der Waals surface area contributed by atoms with Crippen molar-refractivity contribution in [3.05, 3.63) is 81.0 Å². The van der Waals surface area contributed by atoms with Crippen molar-refractivity contribution in [3.8, 4) is 0 Å². The fourth-order valence-corrected chi connectivity index (χ4v) is 3.86. The van der Waals surface area contributed by atoms with E-state index < -0.39 is 25.2 Å². The van der Waals surface area contributed by atoms with Gasteiger partial charge in [0.15, 0.2) is 0 Å². The van der Waals surface area contributed by atoms with E-state index >= 15 is 0 Å². The summed E-state index contributed by atoms with van der Waals surface area (Å²) >= 11 is 12.1. The Labute approximate surface area is 248 Å². The maximum absolute atomic E-state index is 12.9. The summed E-state index contributed by atoms with van der Waals surface area (Å²) in [5.41, 5.74) is 13.7. The lowest BCUT2D eigenvalue weighted by atomic mass is 10.0. The van der Waals surface area contributed by atoms with Crippen molar-refractivity contribution in [2.24, 2.45) is 16.5 Å². The maximum atomic E-state index is 12.9. The highest BCUT2D eigenvalue weighted by atomic mass is 35.5. The number of nitrogens with zero attached hydrogens (tertiary/aromatic N) is 2. The summed E-state index contributed by atoms with van der Waals surface area (Å²) in [6, 6.07) is 12.4.